The van der Waals surface area contributed by atoms with Crippen LogP contribution in [0, 0.1) is 0 Å². The minimum Gasteiger partial charge on any atom is -0.382 e. The Hall–Kier alpha value is -2.66. The van der Waals surface area contributed by atoms with Crippen molar-refractivity contribution in [2.75, 3.05) is 32.2 Å². The van der Waals surface area contributed by atoms with Gasteiger partial charge in [0.2, 0.25) is 0 Å². The molecule has 10 heteroatoms. The minimum atomic E-state index is -2.67. The molecule has 0 amide bonds. The van der Waals surface area contributed by atoms with E-state index in [1.807, 2.05) is 30.3 Å². The lowest BCUT2D eigenvalue weighted by molar-refractivity contribution is 0.0458. The Morgan fingerprint density at radius 3 is 2.72 bits per heavy atom. The number of aromatic nitrogens is 3. The van der Waals surface area contributed by atoms with Gasteiger partial charge in [0.05, 0.1) is 31.4 Å². The highest BCUT2D eigenvalue weighted by Gasteiger charge is 2.18. The molecule has 156 valence electrons. The third-order valence-corrected chi connectivity index (χ3v) is 4.25. The first-order chi connectivity index (χ1) is 14.1. The molecule has 1 aromatic carbocycles. The number of alkyl halides is 2. The Bertz CT molecular complexity index is 894. The van der Waals surface area contributed by atoms with E-state index in [9.17, 15) is 13.9 Å². The summed E-state index contributed by atoms with van der Waals surface area (Å²) in [5.74, 6) is 0.289. The Labute approximate surface area is 166 Å². The van der Waals surface area contributed by atoms with E-state index < -0.39 is 12.8 Å². The molecule has 1 unspecified atom stereocenters. The number of benzene rings is 1. The molecule has 4 N–H and O–H groups in total. The number of methoxy groups -OCH3 is 1. The molecule has 0 spiro atoms. The summed E-state index contributed by atoms with van der Waals surface area (Å²) in [5.41, 5.74) is 0.977. The Morgan fingerprint density at radius 1 is 1.21 bits per heavy atom. The molecule has 0 aliphatic rings. The van der Waals surface area contributed by atoms with Crippen molar-refractivity contribution in [1.29, 1.82) is 0 Å². The van der Waals surface area contributed by atoms with Gasteiger partial charge in [-0.1, -0.05) is 30.3 Å². The summed E-state index contributed by atoms with van der Waals surface area (Å²) >= 11 is 0. The van der Waals surface area contributed by atoms with E-state index in [2.05, 4.69) is 25.8 Å². The van der Waals surface area contributed by atoms with Gasteiger partial charge in [0, 0.05) is 24.8 Å². The van der Waals surface area contributed by atoms with Gasteiger partial charge in [-0.25, -0.2) is 13.8 Å². The van der Waals surface area contributed by atoms with Crippen molar-refractivity contribution in [3.05, 3.63) is 53.9 Å². The van der Waals surface area contributed by atoms with E-state index in [-0.39, 0.29) is 22.9 Å². The second kappa shape index (κ2) is 10.2. The number of pyridine rings is 1. The van der Waals surface area contributed by atoms with Crippen LogP contribution >= 0.6 is 0 Å². The summed E-state index contributed by atoms with van der Waals surface area (Å²) in [6.07, 6.45) is -2.54. The van der Waals surface area contributed by atoms with Gasteiger partial charge in [0.25, 0.3) is 6.43 Å². The van der Waals surface area contributed by atoms with Crippen molar-refractivity contribution in [2.24, 2.45) is 0 Å². The van der Waals surface area contributed by atoms with Gasteiger partial charge in [0.15, 0.2) is 6.35 Å². The van der Waals surface area contributed by atoms with Crippen LogP contribution in [0.25, 0.3) is 10.9 Å². The van der Waals surface area contributed by atoms with Crippen LogP contribution in [-0.2, 0) is 9.47 Å². The van der Waals surface area contributed by atoms with Gasteiger partial charge in [-0.3, -0.25) is 10.4 Å². The van der Waals surface area contributed by atoms with Crippen molar-refractivity contribution in [1.82, 2.24) is 20.5 Å². The zero-order valence-corrected chi connectivity index (χ0v) is 15.8. The number of anilines is 1. The molecule has 8 nitrogen and oxygen atoms in total. The molecule has 0 fully saturated rings. The number of nitrogens with zero attached hydrogens (tertiary/aromatic N) is 2. The summed E-state index contributed by atoms with van der Waals surface area (Å²) < 4.78 is 36.4. The first-order valence-corrected chi connectivity index (χ1v) is 9.03. The quantitative estimate of drug-likeness (QED) is 0.286. The molecule has 0 aliphatic heterocycles. The van der Waals surface area contributed by atoms with E-state index in [4.69, 9.17) is 9.47 Å². The van der Waals surface area contributed by atoms with Crippen LogP contribution in [0.2, 0.25) is 0 Å². The standard InChI is InChI=1S/C19H23F2N5O3/c1-28-7-8-29-11-15(12-5-3-2-4-6-12)23-19(27)24-16-9-14-13(10-22-16)17(18(20)21)26-25-14/h2-6,9-10,15,18-19,23,27H,7-8,11H2,1H3,(H,22,24)(H,25,26)/t15-,19?/m1/s1. The van der Waals surface area contributed by atoms with Crippen molar-refractivity contribution < 1.29 is 23.4 Å². The summed E-state index contributed by atoms with van der Waals surface area (Å²) in [7, 11) is 1.59. The van der Waals surface area contributed by atoms with Crippen molar-refractivity contribution >= 4 is 16.7 Å². The van der Waals surface area contributed by atoms with Crippen molar-refractivity contribution in [3.8, 4) is 0 Å². The van der Waals surface area contributed by atoms with Crippen LogP contribution in [0.1, 0.15) is 23.7 Å². The minimum absolute atomic E-state index is 0.238. The summed E-state index contributed by atoms with van der Waals surface area (Å²) in [5, 5.41) is 22.6. The van der Waals surface area contributed by atoms with Crippen LogP contribution in [0.15, 0.2) is 42.6 Å². The van der Waals surface area contributed by atoms with Gasteiger partial charge < -0.3 is 19.9 Å². The van der Waals surface area contributed by atoms with Gasteiger partial charge in [-0.2, -0.15) is 5.10 Å². The van der Waals surface area contributed by atoms with Gasteiger partial charge in [-0.05, 0) is 5.56 Å². The largest absolute Gasteiger partial charge is 0.382 e. The third kappa shape index (κ3) is 5.67. The number of hydrogen-bond acceptors (Lipinski definition) is 7. The van der Waals surface area contributed by atoms with E-state index in [0.29, 0.717) is 25.3 Å². The average Bonchev–Trinajstić information content (AvgIpc) is 3.14. The molecule has 0 radical (unpaired) electrons. The zero-order chi connectivity index (χ0) is 20.6. The molecule has 0 saturated heterocycles. The summed E-state index contributed by atoms with van der Waals surface area (Å²) in [4.78, 5) is 4.08. The first-order valence-electron chi connectivity index (χ1n) is 9.03. The second-order valence-electron chi connectivity index (χ2n) is 6.27. The summed E-state index contributed by atoms with van der Waals surface area (Å²) in [6, 6.07) is 10.7. The van der Waals surface area contributed by atoms with Gasteiger partial charge >= 0.3 is 0 Å². The van der Waals surface area contributed by atoms with Gasteiger partial charge in [0.1, 0.15) is 11.5 Å². The number of hydrogen-bond donors (Lipinski definition) is 4. The lowest BCUT2D eigenvalue weighted by Crippen LogP contribution is -2.40. The fourth-order valence-electron chi connectivity index (χ4n) is 2.81. The molecule has 2 atom stereocenters. The predicted octanol–water partition coefficient (Wildman–Crippen LogP) is 2.58. The maximum Gasteiger partial charge on any atom is 0.280 e. The highest BCUT2D eigenvalue weighted by atomic mass is 19.3. The van der Waals surface area contributed by atoms with Crippen LogP contribution in [-0.4, -0.2) is 53.6 Å². The maximum absolute atomic E-state index is 12.9. The topological polar surface area (TPSA) is 104 Å². The Kier molecular flexibility index (Phi) is 7.42. The normalized spacial score (nSPS) is 13.7. The van der Waals surface area contributed by atoms with E-state index >= 15 is 0 Å². The van der Waals surface area contributed by atoms with Crippen LogP contribution < -0.4 is 10.6 Å². The highest BCUT2D eigenvalue weighted by Crippen LogP contribution is 2.26. The number of aliphatic hydroxyl groups excluding tert-OH is 1. The smallest absolute Gasteiger partial charge is 0.280 e. The van der Waals surface area contributed by atoms with Crippen molar-refractivity contribution in [2.45, 2.75) is 18.8 Å². The molecule has 3 rings (SSSR count). The average molecular weight is 407 g/mol. The molecule has 2 aromatic heterocycles. The number of aliphatic hydroxyl groups is 1. The van der Waals surface area contributed by atoms with Crippen LogP contribution in [0.5, 0.6) is 0 Å². The highest BCUT2D eigenvalue weighted by molar-refractivity contribution is 5.82. The fraction of sp³-hybridized carbons (Fsp3) is 0.368. The number of fused-ring (bicyclic) bond motifs is 1. The number of nitrogens with one attached hydrogen (secondary N) is 3. The summed E-state index contributed by atoms with van der Waals surface area (Å²) in [6.45, 7) is 1.21. The molecule has 29 heavy (non-hydrogen) atoms. The molecular weight excluding hydrogens is 384 g/mol. The van der Waals surface area contributed by atoms with E-state index in [1.165, 1.54) is 12.3 Å². The number of H-pyrrole nitrogens is 1. The number of halogens is 2. The predicted molar refractivity (Wildman–Crippen MR) is 103 cm³/mol. The molecule has 0 bridgehead atoms. The molecule has 2 heterocycles. The molecule has 3 aromatic rings. The van der Waals surface area contributed by atoms with E-state index in [0.717, 1.165) is 5.56 Å². The van der Waals surface area contributed by atoms with Crippen LogP contribution in [0.4, 0.5) is 14.6 Å². The van der Waals surface area contributed by atoms with E-state index in [1.54, 1.807) is 7.11 Å². The number of rotatable bonds is 11. The first kappa shape index (κ1) is 21.1. The lowest BCUT2D eigenvalue weighted by Gasteiger charge is -2.24. The second-order valence-corrected chi connectivity index (χ2v) is 6.27. The molecule has 0 aliphatic carbocycles. The SMILES string of the molecule is COCCOC[C@@H](NC(O)Nc1cc2n[nH]c(C(F)F)c2cn1)c1ccccc1. The lowest BCUT2D eigenvalue weighted by atomic mass is 10.1. The zero-order valence-electron chi connectivity index (χ0n) is 15.8. The third-order valence-electron chi connectivity index (χ3n) is 4.25. The Balaban J connectivity index is 1.66. The fourth-order valence-corrected chi connectivity index (χ4v) is 2.81. The number of ether oxygens (including phenoxy) is 2. The molecule has 0 saturated carbocycles. The Morgan fingerprint density at radius 2 is 2.00 bits per heavy atom. The monoisotopic (exact) mass is 407 g/mol. The van der Waals surface area contributed by atoms with Gasteiger partial charge in [-0.15, -0.1) is 0 Å². The maximum atomic E-state index is 12.9. The number of aromatic amines is 1. The van der Waals surface area contributed by atoms with Crippen molar-refractivity contribution in [3.63, 3.8) is 0 Å². The van der Waals surface area contributed by atoms with Crippen LogP contribution in [0.3, 0.4) is 0 Å². The molecular formula is C19H23F2N5O3.